The third-order valence-corrected chi connectivity index (χ3v) is 14.8. The summed E-state index contributed by atoms with van der Waals surface area (Å²) in [6, 6.07) is 66.7. The largest absolute Gasteiger partial charge is 0.310 e. The molecule has 0 radical (unpaired) electrons. The molecular formula is C59H51N. The second-order valence-electron chi connectivity index (χ2n) is 18.3. The highest BCUT2D eigenvalue weighted by Crippen LogP contribution is 2.57. The highest BCUT2D eigenvalue weighted by molar-refractivity contribution is 5.99. The van der Waals surface area contributed by atoms with Gasteiger partial charge in [-0.25, -0.2) is 0 Å². The summed E-state index contributed by atoms with van der Waals surface area (Å²) < 4.78 is 0. The lowest BCUT2D eigenvalue weighted by molar-refractivity contribution is 0.490. The molecule has 0 unspecified atom stereocenters. The van der Waals surface area contributed by atoms with Crippen molar-refractivity contribution < 1.29 is 0 Å². The molecule has 8 aromatic rings. The van der Waals surface area contributed by atoms with Crippen LogP contribution in [0.3, 0.4) is 0 Å². The first-order valence-electron chi connectivity index (χ1n) is 21.9. The molecule has 0 atom stereocenters. The van der Waals surface area contributed by atoms with Crippen molar-refractivity contribution in [2.45, 2.75) is 70.6 Å². The Bertz CT molecular complexity index is 3010. The van der Waals surface area contributed by atoms with Gasteiger partial charge in [-0.2, -0.15) is 0 Å². The molecule has 3 aliphatic rings. The molecule has 0 aliphatic heterocycles. The number of anilines is 3. The Kier molecular flexibility index (Phi) is 8.11. The third kappa shape index (κ3) is 5.05. The SMILES string of the molecule is CCC1(CC)c2ccccc2-c2ccc(N(c3ccc(-c4ccc5c(c4)C(C)(C)c4ccccc4-5)cc3)c3ccccc3-c3cccc4c3-c3ccccc3C4(C)C)cc21. The van der Waals surface area contributed by atoms with Gasteiger partial charge in [0.15, 0.2) is 0 Å². The molecular weight excluding hydrogens is 723 g/mol. The lowest BCUT2D eigenvalue weighted by atomic mass is 9.74. The maximum absolute atomic E-state index is 2.52. The second-order valence-corrected chi connectivity index (χ2v) is 18.3. The van der Waals surface area contributed by atoms with Gasteiger partial charge in [0.1, 0.15) is 0 Å². The van der Waals surface area contributed by atoms with E-state index >= 15 is 0 Å². The van der Waals surface area contributed by atoms with Crippen molar-refractivity contribution >= 4 is 17.1 Å². The summed E-state index contributed by atoms with van der Waals surface area (Å²) >= 11 is 0. The molecule has 0 saturated heterocycles. The molecule has 0 bridgehead atoms. The van der Waals surface area contributed by atoms with Gasteiger partial charge in [0.25, 0.3) is 0 Å². The van der Waals surface area contributed by atoms with Gasteiger partial charge < -0.3 is 4.90 Å². The van der Waals surface area contributed by atoms with Gasteiger partial charge >= 0.3 is 0 Å². The van der Waals surface area contributed by atoms with E-state index in [1.165, 1.54) is 100 Å². The van der Waals surface area contributed by atoms with Crippen molar-refractivity contribution in [3.05, 3.63) is 209 Å². The number of benzene rings is 8. The summed E-state index contributed by atoms with van der Waals surface area (Å²) in [4.78, 5) is 2.52. The van der Waals surface area contributed by atoms with E-state index in [2.05, 4.69) is 222 Å². The van der Waals surface area contributed by atoms with Crippen LogP contribution < -0.4 is 4.90 Å². The Balaban J connectivity index is 1.09. The van der Waals surface area contributed by atoms with E-state index in [-0.39, 0.29) is 16.2 Å². The molecule has 1 nitrogen and oxygen atoms in total. The fraction of sp³-hybridized carbons (Fsp3) is 0.186. The molecule has 60 heavy (non-hydrogen) atoms. The zero-order valence-electron chi connectivity index (χ0n) is 35.6. The average molecular weight is 774 g/mol. The van der Waals surface area contributed by atoms with Gasteiger partial charge in [-0.05, 0) is 133 Å². The van der Waals surface area contributed by atoms with Crippen LogP contribution in [0.5, 0.6) is 0 Å². The number of para-hydroxylation sites is 1. The first kappa shape index (κ1) is 36.6. The van der Waals surface area contributed by atoms with Crippen LogP contribution in [0.1, 0.15) is 87.8 Å². The monoisotopic (exact) mass is 773 g/mol. The Morgan fingerprint density at radius 1 is 0.350 bits per heavy atom. The minimum atomic E-state index is -0.0828. The molecule has 0 heterocycles. The van der Waals surface area contributed by atoms with Crippen LogP contribution in [0.4, 0.5) is 17.1 Å². The van der Waals surface area contributed by atoms with Crippen LogP contribution in [-0.4, -0.2) is 0 Å². The van der Waals surface area contributed by atoms with E-state index in [4.69, 9.17) is 0 Å². The summed E-state index contributed by atoms with van der Waals surface area (Å²) in [5, 5.41) is 0. The van der Waals surface area contributed by atoms with Gasteiger partial charge in [-0.3, -0.25) is 0 Å². The van der Waals surface area contributed by atoms with E-state index in [1.54, 1.807) is 0 Å². The Hall–Kier alpha value is -6.44. The van der Waals surface area contributed by atoms with E-state index in [0.29, 0.717) is 0 Å². The molecule has 11 rings (SSSR count). The van der Waals surface area contributed by atoms with Crippen LogP contribution >= 0.6 is 0 Å². The van der Waals surface area contributed by atoms with Crippen molar-refractivity contribution in [1.29, 1.82) is 0 Å². The van der Waals surface area contributed by atoms with Crippen LogP contribution in [0, 0.1) is 0 Å². The molecule has 3 aliphatic carbocycles. The Labute approximate surface area is 356 Å². The molecule has 1 heteroatoms. The normalized spacial score (nSPS) is 15.4. The Morgan fingerprint density at radius 2 is 0.833 bits per heavy atom. The third-order valence-electron chi connectivity index (χ3n) is 14.8. The fourth-order valence-corrected chi connectivity index (χ4v) is 11.6. The molecule has 0 amide bonds. The second kappa shape index (κ2) is 13.3. The van der Waals surface area contributed by atoms with Crippen LogP contribution in [0.25, 0.3) is 55.6 Å². The topological polar surface area (TPSA) is 3.24 Å². The lowest BCUT2D eigenvalue weighted by Crippen LogP contribution is -2.23. The molecule has 8 aromatic carbocycles. The standard InChI is InChI=1S/C59H51N/c1-7-59(8-2)51-25-15-10-19-43(51)45-35-33-41(37-54(45)59)60(40-31-28-38(29-32-40)39-30-34-44-42-18-9-13-23-49(42)58(5,6)53(44)36-39)55-27-16-12-20-46(55)47-22-17-26-52-56(47)48-21-11-14-24-50(48)57(52,3)4/h9-37H,7-8H2,1-6H3. The minimum absolute atomic E-state index is 0.0342. The first-order valence-corrected chi connectivity index (χ1v) is 21.9. The summed E-state index contributed by atoms with van der Waals surface area (Å²) in [6.07, 6.45) is 2.10. The first-order chi connectivity index (χ1) is 29.2. The van der Waals surface area contributed by atoms with Crippen LogP contribution in [0.2, 0.25) is 0 Å². The van der Waals surface area contributed by atoms with Gasteiger partial charge in [-0.1, -0.05) is 181 Å². The van der Waals surface area contributed by atoms with E-state index < -0.39 is 0 Å². The molecule has 0 saturated carbocycles. The van der Waals surface area contributed by atoms with Gasteiger partial charge in [0.05, 0.1) is 5.69 Å². The Morgan fingerprint density at radius 3 is 1.55 bits per heavy atom. The fourth-order valence-electron chi connectivity index (χ4n) is 11.6. The molecule has 292 valence electrons. The molecule has 0 spiro atoms. The summed E-state index contributed by atoms with van der Waals surface area (Å²) in [7, 11) is 0. The number of rotatable bonds is 7. The zero-order valence-corrected chi connectivity index (χ0v) is 35.6. The summed E-state index contributed by atoms with van der Waals surface area (Å²) in [5.41, 5.74) is 24.9. The number of hydrogen-bond acceptors (Lipinski definition) is 1. The van der Waals surface area contributed by atoms with E-state index in [9.17, 15) is 0 Å². The molecule has 0 fully saturated rings. The summed E-state index contributed by atoms with van der Waals surface area (Å²) in [5.74, 6) is 0. The van der Waals surface area contributed by atoms with Crippen LogP contribution in [0.15, 0.2) is 176 Å². The van der Waals surface area contributed by atoms with Crippen molar-refractivity contribution in [2.24, 2.45) is 0 Å². The molecule has 0 aromatic heterocycles. The number of hydrogen-bond donors (Lipinski definition) is 0. The van der Waals surface area contributed by atoms with E-state index in [0.717, 1.165) is 18.5 Å². The maximum Gasteiger partial charge on any atom is 0.0540 e. The van der Waals surface area contributed by atoms with Crippen molar-refractivity contribution in [1.82, 2.24) is 0 Å². The quantitative estimate of drug-likeness (QED) is 0.156. The molecule has 0 N–H and O–H groups in total. The van der Waals surface area contributed by atoms with Crippen molar-refractivity contribution in [3.8, 4) is 55.6 Å². The van der Waals surface area contributed by atoms with Crippen molar-refractivity contribution in [2.75, 3.05) is 4.90 Å². The van der Waals surface area contributed by atoms with Gasteiger partial charge in [0.2, 0.25) is 0 Å². The van der Waals surface area contributed by atoms with E-state index in [1.807, 2.05) is 0 Å². The highest BCUT2D eigenvalue weighted by Gasteiger charge is 2.41. The predicted molar refractivity (Wildman–Crippen MR) is 254 cm³/mol. The lowest BCUT2D eigenvalue weighted by Gasteiger charge is -2.32. The summed E-state index contributed by atoms with van der Waals surface area (Å²) in [6.45, 7) is 14.2. The van der Waals surface area contributed by atoms with Gasteiger partial charge in [-0.15, -0.1) is 0 Å². The predicted octanol–water partition coefficient (Wildman–Crippen LogP) is 16.2. The van der Waals surface area contributed by atoms with Crippen LogP contribution in [-0.2, 0) is 16.2 Å². The smallest absolute Gasteiger partial charge is 0.0540 e. The minimum Gasteiger partial charge on any atom is -0.310 e. The zero-order chi connectivity index (χ0) is 41.0. The number of nitrogens with zero attached hydrogens (tertiary/aromatic N) is 1. The number of fused-ring (bicyclic) bond motifs is 9. The maximum atomic E-state index is 2.52. The van der Waals surface area contributed by atoms with Crippen molar-refractivity contribution in [3.63, 3.8) is 0 Å². The van der Waals surface area contributed by atoms with Gasteiger partial charge in [0, 0.05) is 33.2 Å². The average Bonchev–Trinajstić information content (AvgIpc) is 3.81. The highest BCUT2D eigenvalue weighted by atomic mass is 15.1.